The molecule has 2 aliphatic rings. The molecular formula is C21H27NO3. The number of nitrogens with zero attached hydrogens (tertiary/aromatic N) is 1. The first-order valence-electron chi connectivity index (χ1n) is 8.79. The van der Waals surface area contributed by atoms with Gasteiger partial charge in [0.15, 0.2) is 11.5 Å². The Labute approximate surface area is 149 Å². The topological polar surface area (TPSA) is 46.6 Å². The molecule has 134 valence electrons. The van der Waals surface area contributed by atoms with Gasteiger partial charge in [-0.3, -0.25) is 9.59 Å². The molecule has 2 aliphatic heterocycles. The van der Waals surface area contributed by atoms with Crippen LogP contribution in [0.4, 0.5) is 0 Å². The van der Waals surface area contributed by atoms with Crippen LogP contribution in [0.2, 0.25) is 0 Å². The van der Waals surface area contributed by atoms with E-state index in [2.05, 4.69) is 0 Å². The van der Waals surface area contributed by atoms with E-state index in [0.29, 0.717) is 12.2 Å². The Morgan fingerprint density at radius 1 is 1.12 bits per heavy atom. The fourth-order valence-corrected chi connectivity index (χ4v) is 3.99. The lowest BCUT2D eigenvalue weighted by Crippen LogP contribution is -2.59. The number of rotatable bonds is 2. The van der Waals surface area contributed by atoms with Crippen molar-refractivity contribution in [3.05, 3.63) is 41.5 Å². The number of fused-ring (bicyclic) bond motifs is 1. The Morgan fingerprint density at radius 2 is 1.72 bits per heavy atom. The van der Waals surface area contributed by atoms with Gasteiger partial charge < -0.3 is 9.64 Å². The lowest BCUT2D eigenvalue weighted by Gasteiger charge is -2.46. The fourth-order valence-electron chi connectivity index (χ4n) is 3.99. The molecule has 1 unspecified atom stereocenters. The highest BCUT2D eigenvalue weighted by molar-refractivity contribution is 6.11. The monoisotopic (exact) mass is 341 g/mol. The molecule has 0 aromatic heterocycles. The van der Waals surface area contributed by atoms with Crippen molar-refractivity contribution in [2.24, 2.45) is 5.41 Å². The SMILES string of the molecule is CC(C)(C)C(=O)C1=C(c2ccccc2)CC(=O)N2C(C)(C)COC12C. The van der Waals surface area contributed by atoms with Gasteiger partial charge in [-0.2, -0.15) is 0 Å². The Bertz CT molecular complexity index is 755. The molecule has 0 N–H and O–H groups in total. The van der Waals surface area contributed by atoms with E-state index in [9.17, 15) is 9.59 Å². The van der Waals surface area contributed by atoms with Gasteiger partial charge in [0.05, 0.1) is 24.1 Å². The molecule has 4 nitrogen and oxygen atoms in total. The average Bonchev–Trinajstić information content (AvgIpc) is 2.77. The highest BCUT2D eigenvalue weighted by atomic mass is 16.5. The molecule has 2 heterocycles. The van der Waals surface area contributed by atoms with Crippen LogP contribution >= 0.6 is 0 Å². The first-order valence-corrected chi connectivity index (χ1v) is 8.79. The van der Waals surface area contributed by atoms with Crippen molar-refractivity contribution >= 4 is 17.3 Å². The summed E-state index contributed by atoms with van der Waals surface area (Å²) in [6, 6.07) is 9.71. The minimum Gasteiger partial charge on any atom is -0.349 e. The van der Waals surface area contributed by atoms with E-state index < -0.39 is 16.7 Å². The summed E-state index contributed by atoms with van der Waals surface area (Å²) >= 11 is 0. The van der Waals surface area contributed by atoms with Gasteiger partial charge >= 0.3 is 0 Å². The quantitative estimate of drug-likeness (QED) is 0.822. The molecule has 0 saturated carbocycles. The van der Waals surface area contributed by atoms with Crippen LogP contribution < -0.4 is 0 Å². The number of benzene rings is 1. The third kappa shape index (κ3) is 2.73. The van der Waals surface area contributed by atoms with Gasteiger partial charge in [0.2, 0.25) is 5.91 Å². The number of carbonyl (C=O) groups is 2. The van der Waals surface area contributed by atoms with Crippen LogP contribution in [-0.2, 0) is 14.3 Å². The standard InChI is InChI=1S/C21H27NO3/c1-19(2,3)18(24)17-15(14-10-8-7-9-11-14)12-16(23)22-20(4,5)13-25-21(17,22)6/h7-11H,12-13H2,1-6H3. The zero-order valence-electron chi connectivity index (χ0n) is 16.0. The fraction of sp³-hybridized carbons (Fsp3) is 0.524. The maximum Gasteiger partial charge on any atom is 0.230 e. The molecule has 0 aliphatic carbocycles. The highest BCUT2D eigenvalue weighted by Crippen LogP contribution is 2.49. The van der Waals surface area contributed by atoms with Crippen molar-refractivity contribution in [3.8, 4) is 0 Å². The second-order valence-electron chi connectivity index (χ2n) is 8.79. The normalized spacial score (nSPS) is 26.0. The summed E-state index contributed by atoms with van der Waals surface area (Å²) in [7, 11) is 0. The lowest BCUT2D eigenvalue weighted by molar-refractivity contribution is -0.149. The van der Waals surface area contributed by atoms with Crippen LogP contribution in [0.3, 0.4) is 0 Å². The molecule has 1 saturated heterocycles. The smallest absolute Gasteiger partial charge is 0.230 e. The molecule has 0 radical (unpaired) electrons. The second-order valence-corrected chi connectivity index (χ2v) is 8.79. The number of amides is 1. The number of Topliss-reactive ketones (excluding diaryl/α,β-unsaturated/α-hetero) is 1. The van der Waals surface area contributed by atoms with Crippen molar-refractivity contribution in [3.63, 3.8) is 0 Å². The molecule has 25 heavy (non-hydrogen) atoms. The van der Waals surface area contributed by atoms with Gasteiger partial charge in [0, 0.05) is 5.41 Å². The number of carbonyl (C=O) groups excluding carboxylic acids is 2. The van der Waals surface area contributed by atoms with Gasteiger partial charge in [-0.05, 0) is 31.9 Å². The van der Waals surface area contributed by atoms with E-state index in [-0.39, 0.29) is 18.1 Å². The Kier molecular flexibility index (Phi) is 3.95. The third-order valence-corrected chi connectivity index (χ3v) is 5.11. The van der Waals surface area contributed by atoms with E-state index in [1.807, 2.05) is 71.9 Å². The molecule has 1 aromatic carbocycles. The van der Waals surface area contributed by atoms with E-state index in [1.54, 1.807) is 4.90 Å². The first kappa shape index (κ1) is 17.9. The predicted octanol–water partition coefficient (Wildman–Crippen LogP) is 3.81. The Hall–Kier alpha value is -1.94. The minimum atomic E-state index is -1.02. The zero-order chi connectivity index (χ0) is 18.6. The molecule has 1 aromatic rings. The van der Waals surface area contributed by atoms with Crippen molar-refractivity contribution < 1.29 is 14.3 Å². The van der Waals surface area contributed by atoms with Crippen LogP contribution in [0.25, 0.3) is 5.57 Å². The molecule has 1 amide bonds. The summed E-state index contributed by atoms with van der Waals surface area (Å²) < 4.78 is 6.14. The predicted molar refractivity (Wildman–Crippen MR) is 97.7 cm³/mol. The molecule has 0 spiro atoms. The number of ketones is 1. The number of hydrogen-bond donors (Lipinski definition) is 0. The zero-order valence-corrected chi connectivity index (χ0v) is 16.0. The molecule has 3 rings (SSSR count). The van der Waals surface area contributed by atoms with Crippen LogP contribution in [0.5, 0.6) is 0 Å². The van der Waals surface area contributed by atoms with Crippen molar-refractivity contribution in [1.29, 1.82) is 0 Å². The Morgan fingerprint density at radius 3 is 2.28 bits per heavy atom. The van der Waals surface area contributed by atoms with E-state index >= 15 is 0 Å². The summed E-state index contributed by atoms with van der Waals surface area (Å²) in [5.41, 5.74) is 0.322. The van der Waals surface area contributed by atoms with Gasteiger partial charge in [0.25, 0.3) is 0 Å². The van der Waals surface area contributed by atoms with Crippen LogP contribution in [0, 0.1) is 5.41 Å². The van der Waals surface area contributed by atoms with E-state index in [1.165, 1.54) is 0 Å². The summed E-state index contributed by atoms with van der Waals surface area (Å²) in [6.07, 6.45) is 0.226. The third-order valence-electron chi connectivity index (χ3n) is 5.11. The molecule has 0 bridgehead atoms. The molecule has 4 heteroatoms. The summed E-state index contributed by atoms with van der Waals surface area (Å²) in [5.74, 6) is 0.0402. The molecule has 1 atom stereocenters. The minimum absolute atomic E-state index is 0.00862. The maximum absolute atomic E-state index is 13.4. The molecule has 1 fully saturated rings. The van der Waals surface area contributed by atoms with E-state index in [0.717, 1.165) is 11.1 Å². The second kappa shape index (κ2) is 5.53. The lowest BCUT2D eigenvalue weighted by atomic mass is 9.75. The van der Waals surface area contributed by atoms with Gasteiger partial charge in [-0.1, -0.05) is 51.1 Å². The van der Waals surface area contributed by atoms with Crippen molar-refractivity contribution in [1.82, 2.24) is 4.90 Å². The summed E-state index contributed by atoms with van der Waals surface area (Å²) in [4.78, 5) is 28.2. The van der Waals surface area contributed by atoms with Gasteiger partial charge in [0.1, 0.15) is 0 Å². The summed E-state index contributed by atoms with van der Waals surface area (Å²) in [6.45, 7) is 12.0. The number of ether oxygens (including phenoxy) is 1. The van der Waals surface area contributed by atoms with Crippen LogP contribution in [0.1, 0.15) is 53.5 Å². The first-order chi connectivity index (χ1) is 11.5. The largest absolute Gasteiger partial charge is 0.349 e. The van der Waals surface area contributed by atoms with Crippen LogP contribution in [-0.4, -0.2) is 34.5 Å². The number of hydrogen-bond acceptors (Lipinski definition) is 3. The van der Waals surface area contributed by atoms with Gasteiger partial charge in [-0.15, -0.1) is 0 Å². The van der Waals surface area contributed by atoms with Crippen molar-refractivity contribution in [2.75, 3.05) is 6.61 Å². The maximum atomic E-state index is 13.4. The van der Waals surface area contributed by atoms with E-state index in [4.69, 9.17) is 4.74 Å². The Balaban J connectivity index is 2.29. The van der Waals surface area contributed by atoms with Crippen molar-refractivity contribution in [2.45, 2.75) is 59.2 Å². The highest BCUT2D eigenvalue weighted by Gasteiger charge is 2.58. The molecular weight excluding hydrogens is 314 g/mol. The summed E-state index contributed by atoms with van der Waals surface area (Å²) in [5, 5.41) is 0. The average molecular weight is 341 g/mol. The van der Waals surface area contributed by atoms with Crippen LogP contribution in [0.15, 0.2) is 35.9 Å². The van der Waals surface area contributed by atoms with Gasteiger partial charge in [-0.25, -0.2) is 0 Å².